The molecule has 0 radical (unpaired) electrons. The van der Waals surface area contributed by atoms with Gasteiger partial charge in [0.2, 0.25) is 0 Å². The fraction of sp³-hybridized carbons (Fsp3) is 0.389. The van der Waals surface area contributed by atoms with Gasteiger partial charge in [0.25, 0.3) is 5.91 Å². The van der Waals surface area contributed by atoms with E-state index in [4.69, 9.17) is 11.6 Å². The third kappa shape index (κ3) is 3.06. The number of hydrogen-bond acceptors (Lipinski definition) is 1. The Morgan fingerprint density at radius 2 is 1.86 bits per heavy atom. The van der Waals surface area contributed by atoms with Crippen LogP contribution in [0.4, 0.5) is 0 Å². The molecule has 2 nitrogen and oxygen atoms in total. The highest BCUT2D eigenvalue weighted by Gasteiger charge is 2.26. The van der Waals surface area contributed by atoms with Gasteiger partial charge in [-0.2, -0.15) is 0 Å². The minimum atomic E-state index is 0.0221. The van der Waals surface area contributed by atoms with Crippen molar-refractivity contribution in [1.29, 1.82) is 0 Å². The van der Waals surface area contributed by atoms with Crippen LogP contribution in [-0.2, 0) is 0 Å². The van der Waals surface area contributed by atoms with E-state index in [-0.39, 0.29) is 11.9 Å². The summed E-state index contributed by atoms with van der Waals surface area (Å²) in [4.78, 5) is 12.6. The molecule has 0 bridgehead atoms. The molecule has 1 amide bonds. The van der Waals surface area contributed by atoms with Crippen molar-refractivity contribution in [3.8, 4) is 0 Å². The number of hydrogen-bond donors (Lipinski definition) is 1. The fourth-order valence-corrected chi connectivity index (χ4v) is 3.62. The van der Waals surface area contributed by atoms with E-state index in [1.807, 2.05) is 42.5 Å². The number of carbonyl (C=O) groups excluding carboxylic acids is 1. The highest BCUT2D eigenvalue weighted by molar-refractivity contribution is 6.18. The number of benzene rings is 2. The maximum absolute atomic E-state index is 12.6. The predicted octanol–water partition coefficient (Wildman–Crippen LogP) is 4.37. The van der Waals surface area contributed by atoms with Crippen LogP contribution in [0.15, 0.2) is 42.5 Å². The van der Waals surface area contributed by atoms with E-state index < -0.39 is 0 Å². The summed E-state index contributed by atoms with van der Waals surface area (Å²) in [7, 11) is 0. The van der Waals surface area contributed by atoms with Gasteiger partial charge < -0.3 is 5.32 Å². The number of rotatable bonds is 3. The molecule has 0 spiro atoms. The summed E-state index contributed by atoms with van der Waals surface area (Å²) in [6.07, 6.45) is 4.55. The van der Waals surface area contributed by atoms with Gasteiger partial charge in [-0.3, -0.25) is 4.79 Å². The van der Waals surface area contributed by atoms with Crippen LogP contribution in [-0.4, -0.2) is 17.8 Å². The maximum atomic E-state index is 12.6. The van der Waals surface area contributed by atoms with Crippen molar-refractivity contribution in [1.82, 2.24) is 5.32 Å². The summed E-state index contributed by atoms with van der Waals surface area (Å²) in [6, 6.07) is 14.1. The Bertz CT molecular complexity index is 635. The van der Waals surface area contributed by atoms with Crippen LogP contribution >= 0.6 is 11.6 Å². The second kappa shape index (κ2) is 6.48. The Hall–Kier alpha value is -1.54. The minimum absolute atomic E-state index is 0.0221. The molecular weight excluding hydrogens is 282 g/mol. The lowest BCUT2D eigenvalue weighted by Gasteiger charge is -2.31. The SMILES string of the molecule is O=C(NC1CCCCC1CCl)c1cccc2ccccc12. The summed E-state index contributed by atoms with van der Waals surface area (Å²) in [5, 5.41) is 5.31. The summed E-state index contributed by atoms with van der Waals surface area (Å²) in [6.45, 7) is 0. The number of amides is 1. The first-order valence-electron chi connectivity index (χ1n) is 7.64. The zero-order valence-electron chi connectivity index (χ0n) is 12.0. The number of halogens is 1. The number of nitrogens with one attached hydrogen (secondary N) is 1. The number of carbonyl (C=O) groups is 1. The quantitative estimate of drug-likeness (QED) is 0.838. The lowest BCUT2D eigenvalue weighted by molar-refractivity contribution is 0.0913. The van der Waals surface area contributed by atoms with Gasteiger partial charge in [0.15, 0.2) is 0 Å². The molecule has 2 aromatic rings. The van der Waals surface area contributed by atoms with Crippen molar-refractivity contribution in [2.45, 2.75) is 31.7 Å². The molecule has 0 heterocycles. The largest absolute Gasteiger partial charge is 0.349 e. The third-order valence-corrected chi connectivity index (χ3v) is 4.85. The molecule has 1 N–H and O–H groups in total. The lowest BCUT2D eigenvalue weighted by Crippen LogP contribution is -2.42. The van der Waals surface area contributed by atoms with Crippen LogP contribution < -0.4 is 5.32 Å². The molecule has 2 unspecified atom stereocenters. The Morgan fingerprint density at radius 1 is 1.10 bits per heavy atom. The molecule has 21 heavy (non-hydrogen) atoms. The lowest BCUT2D eigenvalue weighted by atomic mass is 9.85. The van der Waals surface area contributed by atoms with Gasteiger partial charge in [-0.05, 0) is 35.6 Å². The van der Waals surface area contributed by atoms with Crippen LogP contribution in [0.3, 0.4) is 0 Å². The topological polar surface area (TPSA) is 29.1 Å². The van der Waals surface area contributed by atoms with Crippen molar-refractivity contribution in [2.75, 3.05) is 5.88 Å². The van der Waals surface area contributed by atoms with Crippen LogP contribution in [0, 0.1) is 5.92 Å². The second-order valence-electron chi connectivity index (χ2n) is 5.81. The summed E-state index contributed by atoms with van der Waals surface area (Å²) in [5.74, 6) is 1.05. The third-order valence-electron chi connectivity index (χ3n) is 4.46. The van der Waals surface area contributed by atoms with Crippen molar-refractivity contribution in [3.05, 3.63) is 48.0 Å². The van der Waals surface area contributed by atoms with Gasteiger partial charge in [-0.25, -0.2) is 0 Å². The van der Waals surface area contributed by atoms with E-state index in [0.717, 1.165) is 29.2 Å². The molecule has 3 heteroatoms. The fourth-order valence-electron chi connectivity index (χ4n) is 3.25. The number of alkyl halides is 1. The number of fused-ring (bicyclic) bond motifs is 1. The molecule has 2 atom stereocenters. The minimum Gasteiger partial charge on any atom is -0.349 e. The zero-order valence-corrected chi connectivity index (χ0v) is 12.8. The van der Waals surface area contributed by atoms with Gasteiger partial charge >= 0.3 is 0 Å². The highest BCUT2D eigenvalue weighted by Crippen LogP contribution is 2.26. The molecule has 1 aliphatic rings. The summed E-state index contributed by atoms with van der Waals surface area (Å²) >= 11 is 6.05. The average Bonchev–Trinajstić information content (AvgIpc) is 2.54. The standard InChI is InChI=1S/C18H20ClNO/c19-12-14-7-2-4-11-17(14)20-18(21)16-10-5-8-13-6-1-3-9-15(13)16/h1,3,5-6,8-10,14,17H,2,4,7,11-12H2,(H,20,21). The van der Waals surface area contributed by atoms with Gasteiger partial charge in [0.05, 0.1) is 0 Å². The molecule has 3 rings (SSSR count). The van der Waals surface area contributed by atoms with Crippen LogP contribution in [0.5, 0.6) is 0 Å². The van der Waals surface area contributed by atoms with Gasteiger partial charge in [0.1, 0.15) is 0 Å². The Kier molecular flexibility index (Phi) is 4.45. The maximum Gasteiger partial charge on any atom is 0.252 e. The van der Waals surface area contributed by atoms with Crippen LogP contribution in [0.25, 0.3) is 10.8 Å². The molecule has 1 aliphatic carbocycles. The normalized spacial score (nSPS) is 22.1. The summed E-state index contributed by atoms with van der Waals surface area (Å²) < 4.78 is 0. The van der Waals surface area contributed by atoms with E-state index in [2.05, 4.69) is 5.32 Å². The van der Waals surface area contributed by atoms with Crippen LogP contribution in [0.1, 0.15) is 36.0 Å². The molecule has 110 valence electrons. The monoisotopic (exact) mass is 301 g/mol. The first kappa shape index (κ1) is 14.4. The van der Waals surface area contributed by atoms with Gasteiger partial charge in [0, 0.05) is 17.5 Å². The van der Waals surface area contributed by atoms with Gasteiger partial charge in [-0.15, -0.1) is 11.6 Å². The first-order chi connectivity index (χ1) is 10.3. The molecule has 0 saturated heterocycles. The van der Waals surface area contributed by atoms with Crippen molar-refractivity contribution >= 4 is 28.3 Å². The average molecular weight is 302 g/mol. The molecule has 2 aromatic carbocycles. The molecule has 1 saturated carbocycles. The molecule has 0 aromatic heterocycles. The second-order valence-corrected chi connectivity index (χ2v) is 6.11. The van der Waals surface area contributed by atoms with E-state index in [9.17, 15) is 4.79 Å². The van der Waals surface area contributed by atoms with E-state index in [1.54, 1.807) is 0 Å². The highest BCUT2D eigenvalue weighted by atomic mass is 35.5. The van der Waals surface area contributed by atoms with Gasteiger partial charge in [-0.1, -0.05) is 49.2 Å². The van der Waals surface area contributed by atoms with Crippen molar-refractivity contribution in [3.63, 3.8) is 0 Å². The first-order valence-corrected chi connectivity index (χ1v) is 8.17. The van der Waals surface area contributed by atoms with E-state index >= 15 is 0 Å². The smallest absolute Gasteiger partial charge is 0.252 e. The van der Waals surface area contributed by atoms with Crippen molar-refractivity contribution in [2.24, 2.45) is 5.92 Å². The molecule has 1 fully saturated rings. The Labute approximate surface area is 130 Å². The molecular formula is C18H20ClNO. The van der Waals surface area contributed by atoms with Crippen molar-refractivity contribution < 1.29 is 4.79 Å². The van der Waals surface area contributed by atoms with Crippen LogP contribution in [0.2, 0.25) is 0 Å². The molecule has 0 aliphatic heterocycles. The van der Waals surface area contributed by atoms with E-state index in [0.29, 0.717) is 11.8 Å². The Morgan fingerprint density at radius 3 is 2.71 bits per heavy atom. The van der Waals surface area contributed by atoms with E-state index in [1.165, 1.54) is 12.8 Å². The Balaban J connectivity index is 1.84. The predicted molar refractivity (Wildman–Crippen MR) is 87.9 cm³/mol. The zero-order chi connectivity index (χ0) is 14.7. The summed E-state index contributed by atoms with van der Waals surface area (Å²) in [5.41, 5.74) is 0.756.